The van der Waals surface area contributed by atoms with Gasteiger partial charge in [-0.05, 0) is 63.3 Å². The van der Waals surface area contributed by atoms with E-state index in [1.165, 1.54) is 40.6 Å². The largest absolute Gasteiger partial charge is 0.325 e. The number of amides is 1. The Balaban J connectivity index is 1.56. The van der Waals surface area contributed by atoms with Crippen molar-refractivity contribution >= 4 is 44.9 Å². The van der Waals surface area contributed by atoms with Crippen LogP contribution in [-0.2, 0) is 4.79 Å². The number of carbonyl (C=O) groups excluding carboxylic acids is 1. The normalized spacial score (nSPS) is 13.9. The maximum atomic E-state index is 12.5. The summed E-state index contributed by atoms with van der Waals surface area (Å²) in [4.78, 5) is 24.5. The van der Waals surface area contributed by atoms with E-state index in [4.69, 9.17) is 9.97 Å². The van der Waals surface area contributed by atoms with Crippen LogP contribution in [-0.4, -0.2) is 21.6 Å². The van der Waals surface area contributed by atoms with Crippen molar-refractivity contribution in [2.24, 2.45) is 0 Å². The number of fused-ring (bicyclic) bond motifs is 1. The average molecular weight is 398 g/mol. The van der Waals surface area contributed by atoms with Gasteiger partial charge in [-0.15, -0.1) is 11.3 Å². The topological polar surface area (TPSA) is 54.9 Å². The van der Waals surface area contributed by atoms with Crippen molar-refractivity contribution in [3.63, 3.8) is 0 Å². The molecule has 0 spiro atoms. The summed E-state index contributed by atoms with van der Waals surface area (Å²) in [6, 6.07) is 5.97. The zero-order valence-corrected chi connectivity index (χ0v) is 17.7. The van der Waals surface area contributed by atoms with Gasteiger partial charge in [-0.1, -0.05) is 23.9 Å². The predicted molar refractivity (Wildman–Crippen MR) is 114 cm³/mol. The number of carbonyl (C=O) groups is 1. The summed E-state index contributed by atoms with van der Waals surface area (Å²) in [5.41, 5.74) is 4.40. The highest BCUT2D eigenvalue weighted by Gasteiger charge is 2.28. The molecule has 27 heavy (non-hydrogen) atoms. The molecular formula is C21H23N3OS2. The van der Waals surface area contributed by atoms with Crippen LogP contribution in [0.3, 0.4) is 0 Å². The summed E-state index contributed by atoms with van der Waals surface area (Å²) in [6.45, 7) is 8.33. The van der Waals surface area contributed by atoms with Crippen LogP contribution in [0.15, 0.2) is 23.2 Å². The van der Waals surface area contributed by atoms with Gasteiger partial charge in [0, 0.05) is 21.9 Å². The molecular weight excluding hydrogens is 374 g/mol. The van der Waals surface area contributed by atoms with Crippen LogP contribution in [0.2, 0.25) is 0 Å². The highest BCUT2D eigenvalue weighted by Crippen LogP contribution is 2.42. The van der Waals surface area contributed by atoms with Crippen molar-refractivity contribution in [1.29, 1.82) is 0 Å². The number of thiophene rings is 1. The van der Waals surface area contributed by atoms with Gasteiger partial charge in [0.05, 0.1) is 5.75 Å². The molecule has 140 valence electrons. The number of aromatic nitrogens is 2. The smallest absolute Gasteiger partial charge is 0.234 e. The second-order valence-electron chi connectivity index (χ2n) is 7.21. The minimum atomic E-state index is -0.00182. The Labute approximate surface area is 167 Å². The van der Waals surface area contributed by atoms with Gasteiger partial charge >= 0.3 is 0 Å². The molecule has 2 aromatic heterocycles. The molecule has 1 aromatic carbocycles. The minimum absolute atomic E-state index is 0.00182. The van der Waals surface area contributed by atoms with E-state index in [1.807, 2.05) is 19.1 Å². The first-order valence-electron chi connectivity index (χ1n) is 9.20. The number of hydrogen-bond acceptors (Lipinski definition) is 5. The zero-order chi connectivity index (χ0) is 19.1. The van der Waals surface area contributed by atoms with E-state index in [-0.39, 0.29) is 5.91 Å². The van der Waals surface area contributed by atoms with Crippen LogP contribution in [0.4, 0.5) is 5.69 Å². The Morgan fingerprint density at radius 3 is 2.70 bits per heavy atom. The van der Waals surface area contributed by atoms with Gasteiger partial charge in [0.15, 0.2) is 0 Å². The fourth-order valence-corrected chi connectivity index (χ4v) is 5.06. The second kappa shape index (κ2) is 7.24. The minimum Gasteiger partial charge on any atom is -0.325 e. The Morgan fingerprint density at radius 1 is 1.19 bits per heavy atom. The molecule has 0 atom stereocenters. The molecule has 1 aliphatic rings. The third kappa shape index (κ3) is 3.73. The molecule has 1 amide bonds. The van der Waals surface area contributed by atoms with Crippen LogP contribution < -0.4 is 5.32 Å². The summed E-state index contributed by atoms with van der Waals surface area (Å²) in [7, 11) is 0. The molecule has 0 radical (unpaired) electrons. The van der Waals surface area contributed by atoms with Gasteiger partial charge in [0.1, 0.15) is 15.7 Å². The van der Waals surface area contributed by atoms with Gasteiger partial charge in [0.2, 0.25) is 5.91 Å². The predicted octanol–water partition coefficient (Wildman–Crippen LogP) is 5.53. The van der Waals surface area contributed by atoms with E-state index >= 15 is 0 Å². The zero-order valence-electron chi connectivity index (χ0n) is 16.0. The molecule has 1 fully saturated rings. The highest BCUT2D eigenvalue weighted by atomic mass is 32.2. The maximum absolute atomic E-state index is 12.5. The van der Waals surface area contributed by atoms with Gasteiger partial charge in [-0.3, -0.25) is 4.79 Å². The second-order valence-corrected chi connectivity index (χ2v) is 9.38. The van der Waals surface area contributed by atoms with Gasteiger partial charge in [-0.25, -0.2) is 9.97 Å². The molecule has 3 aromatic rings. The molecule has 0 aliphatic heterocycles. The first-order chi connectivity index (χ1) is 12.9. The van der Waals surface area contributed by atoms with E-state index < -0.39 is 0 Å². The number of nitrogens with zero attached hydrogens (tertiary/aromatic N) is 2. The third-order valence-electron chi connectivity index (χ3n) is 5.17. The molecule has 2 heterocycles. The van der Waals surface area contributed by atoms with Gasteiger partial charge in [-0.2, -0.15) is 0 Å². The SMILES string of the molecule is Cc1cccc(NC(=O)CSc2nc(C3CC3)nc3sc(C)c(C)c23)c1C. The van der Waals surface area contributed by atoms with Crippen molar-refractivity contribution in [2.45, 2.75) is 51.5 Å². The van der Waals surface area contributed by atoms with Crippen LogP contribution in [0.25, 0.3) is 10.2 Å². The lowest BCUT2D eigenvalue weighted by atomic mass is 10.1. The monoisotopic (exact) mass is 397 g/mol. The number of hydrogen-bond donors (Lipinski definition) is 1. The molecule has 0 saturated heterocycles. The van der Waals surface area contributed by atoms with E-state index in [2.05, 4.69) is 32.2 Å². The lowest BCUT2D eigenvalue weighted by molar-refractivity contribution is -0.113. The molecule has 4 rings (SSSR count). The maximum Gasteiger partial charge on any atom is 0.234 e. The molecule has 0 bridgehead atoms. The van der Waals surface area contributed by atoms with E-state index in [1.54, 1.807) is 11.3 Å². The quantitative estimate of drug-likeness (QED) is 0.454. The third-order valence-corrected chi connectivity index (χ3v) is 7.25. The molecule has 4 nitrogen and oxygen atoms in total. The summed E-state index contributed by atoms with van der Waals surface area (Å²) < 4.78 is 0. The fraction of sp³-hybridized carbons (Fsp3) is 0.381. The summed E-state index contributed by atoms with van der Waals surface area (Å²) in [5.74, 6) is 1.79. The van der Waals surface area contributed by atoms with Crippen molar-refractivity contribution < 1.29 is 4.79 Å². The Hall–Kier alpha value is -1.92. The van der Waals surface area contributed by atoms with Gasteiger partial charge in [0.25, 0.3) is 0 Å². The number of anilines is 1. The molecule has 1 aliphatic carbocycles. The van der Waals surface area contributed by atoms with Crippen LogP contribution >= 0.6 is 23.1 Å². The lowest BCUT2D eigenvalue weighted by Crippen LogP contribution is -2.15. The van der Waals surface area contributed by atoms with Crippen molar-refractivity contribution in [3.8, 4) is 0 Å². The number of rotatable bonds is 5. The molecule has 0 unspecified atom stereocenters. The van der Waals surface area contributed by atoms with Crippen LogP contribution in [0, 0.1) is 27.7 Å². The number of nitrogens with one attached hydrogen (secondary N) is 1. The van der Waals surface area contributed by atoms with E-state index in [0.717, 1.165) is 32.3 Å². The Morgan fingerprint density at radius 2 is 1.96 bits per heavy atom. The van der Waals surface area contributed by atoms with Gasteiger partial charge < -0.3 is 5.32 Å². The molecule has 1 saturated carbocycles. The fourth-order valence-electron chi connectivity index (χ4n) is 3.06. The summed E-state index contributed by atoms with van der Waals surface area (Å²) in [5, 5.41) is 5.10. The highest BCUT2D eigenvalue weighted by molar-refractivity contribution is 8.00. The average Bonchev–Trinajstić information content (AvgIpc) is 3.44. The standard InChI is InChI=1S/C21H23N3OS2/c1-11-6-5-7-16(12(11)2)22-17(25)10-26-20-18-13(3)14(4)27-21(18)24-19(23-20)15-8-9-15/h5-7,15H,8-10H2,1-4H3,(H,22,25). The van der Waals surface area contributed by atoms with Crippen LogP contribution in [0.1, 0.15) is 46.2 Å². The van der Waals surface area contributed by atoms with E-state index in [0.29, 0.717) is 11.7 Å². The summed E-state index contributed by atoms with van der Waals surface area (Å²) in [6.07, 6.45) is 2.35. The lowest BCUT2D eigenvalue weighted by Gasteiger charge is -2.11. The van der Waals surface area contributed by atoms with Crippen molar-refractivity contribution in [3.05, 3.63) is 45.6 Å². The summed E-state index contributed by atoms with van der Waals surface area (Å²) >= 11 is 3.25. The van der Waals surface area contributed by atoms with E-state index in [9.17, 15) is 4.79 Å². The van der Waals surface area contributed by atoms with Crippen molar-refractivity contribution in [1.82, 2.24) is 9.97 Å². The van der Waals surface area contributed by atoms with Crippen LogP contribution in [0.5, 0.6) is 0 Å². The number of aryl methyl sites for hydroxylation is 3. The first-order valence-corrected chi connectivity index (χ1v) is 11.0. The number of thioether (sulfide) groups is 1. The number of benzene rings is 1. The molecule has 1 N–H and O–H groups in total. The van der Waals surface area contributed by atoms with Crippen molar-refractivity contribution in [2.75, 3.05) is 11.1 Å². The molecule has 6 heteroatoms. The Kier molecular flexibility index (Phi) is 4.95. The Bertz CT molecular complexity index is 1040. The first kappa shape index (κ1) is 18.4.